The Morgan fingerprint density at radius 2 is 2.29 bits per heavy atom. The average molecular weight is 188 g/mol. The van der Waals surface area contributed by atoms with Crippen molar-refractivity contribution < 1.29 is 9.21 Å². The van der Waals surface area contributed by atoms with E-state index in [1.165, 1.54) is 0 Å². The summed E-state index contributed by atoms with van der Waals surface area (Å²) in [6, 6.07) is 5.38. The standard InChI is InChI=1S/C11H10NO2/c1-7-10-4-3-8(11(13)12-2)5-9(10)6-14-7/h3-6H,1H2,2H3,(H,12,13). The molecule has 1 aromatic heterocycles. The molecule has 0 saturated heterocycles. The van der Waals surface area contributed by atoms with Crippen molar-refractivity contribution in [1.82, 2.24) is 5.32 Å². The molecule has 1 radical (unpaired) electrons. The third-order valence-electron chi connectivity index (χ3n) is 2.17. The molecule has 1 aromatic carbocycles. The van der Waals surface area contributed by atoms with Crippen LogP contribution < -0.4 is 5.32 Å². The lowest BCUT2D eigenvalue weighted by atomic mass is 10.1. The van der Waals surface area contributed by atoms with Gasteiger partial charge in [0.15, 0.2) is 0 Å². The fraction of sp³-hybridized carbons (Fsp3) is 0.0909. The molecule has 3 nitrogen and oxygen atoms in total. The number of furan rings is 1. The Morgan fingerprint density at radius 3 is 3.00 bits per heavy atom. The van der Waals surface area contributed by atoms with Gasteiger partial charge >= 0.3 is 0 Å². The van der Waals surface area contributed by atoms with E-state index in [4.69, 9.17) is 4.42 Å². The first kappa shape index (κ1) is 8.81. The Labute approximate surface area is 81.7 Å². The largest absolute Gasteiger partial charge is 0.468 e. The molecule has 3 heteroatoms. The van der Waals surface area contributed by atoms with E-state index in [1.54, 1.807) is 25.4 Å². The number of fused-ring (bicyclic) bond motifs is 1. The highest BCUT2D eigenvalue weighted by molar-refractivity contribution is 5.98. The van der Waals surface area contributed by atoms with Crippen LogP contribution in [0.15, 0.2) is 28.9 Å². The summed E-state index contributed by atoms with van der Waals surface area (Å²) in [5, 5.41) is 4.41. The van der Waals surface area contributed by atoms with Gasteiger partial charge in [-0.25, -0.2) is 0 Å². The molecule has 1 amide bonds. The molecule has 0 atom stereocenters. The smallest absolute Gasteiger partial charge is 0.251 e. The van der Waals surface area contributed by atoms with Crippen molar-refractivity contribution in [3.05, 3.63) is 42.7 Å². The summed E-state index contributed by atoms with van der Waals surface area (Å²) in [6.45, 7) is 3.74. The van der Waals surface area contributed by atoms with Crippen LogP contribution in [0.3, 0.4) is 0 Å². The van der Waals surface area contributed by atoms with Crippen molar-refractivity contribution in [3.8, 4) is 0 Å². The SMILES string of the molecule is [CH2]c1occ2cc(C(=O)NC)ccc12. The van der Waals surface area contributed by atoms with Gasteiger partial charge in [-0.2, -0.15) is 0 Å². The van der Waals surface area contributed by atoms with E-state index >= 15 is 0 Å². The van der Waals surface area contributed by atoms with E-state index < -0.39 is 0 Å². The summed E-state index contributed by atoms with van der Waals surface area (Å²) in [5.74, 6) is 0.530. The second-order valence-electron chi connectivity index (χ2n) is 3.04. The highest BCUT2D eigenvalue weighted by atomic mass is 16.3. The van der Waals surface area contributed by atoms with E-state index in [0.717, 1.165) is 10.8 Å². The molecular formula is C11H10NO2. The second kappa shape index (κ2) is 3.18. The summed E-state index contributed by atoms with van der Waals surface area (Å²) < 4.78 is 5.14. The lowest BCUT2D eigenvalue weighted by Gasteiger charge is -1.98. The van der Waals surface area contributed by atoms with Crippen LogP contribution in [0.5, 0.6) is 0 Å². The molecule has 1 heterocycles. The van der Waals surface area contributed by atoms with Crippen LogP contribution in [0.2, 0.25) is 0 Å². The maximum atomic E-state index is 11.3. The van der Waals surface area contributed by atoms with Crippen LogP contribution in [0.25, 0.3) is 10.8 Å². The van der Waals surface area contributed by atoms with Gasteiger partial charge in [-0.05, 0) is 12.1 Å². The van der Waals surface area contributed by atoms with Gasteiger partial charge in [0.1, 0.15) is 5.76 Å². The van der Waals surface area contributed by atoms with Gasteiger partial charge in [0, 0.05) is 30.3 Å². The number of amides is 1. The monoisotopic (exact) mass is 188 g/mol. The summed E-state index contributed by atoms with van der Waals surface area (Å²) >= 11 is 0. The normalized spacial score (nSPS) is 10.4. The number of hydrogen-bond donors (Lipinski definition) is 1. The van der Waals surface area contributed by atoms with E-state index in [9.17, 15) is 4.79 Å². The highest BCUT2D eigenvalue weighted by Gasteiger charge is 2.06. The second-order valence-corrected chi connectivity index (χ2v) is 3.04. The Balaban J connectivity index is 2.57. The lowest BCUT2D eigenvalue weighted by molar-refractivity contribution is 0.0963. The van der Waals surface area contributed by atoms with Crippen molar-refractivity contribution in [3.63, 3.8) is 0 Å². The minimum absolute atomic E-state index is 0.0984. The first-order chi connectivity index (χ1) is 6.72. The van der Waals surface area contributed by atoms with E-state index in [0.29, 0.717) is 11.3 Å². The highest BCUT2D eigenvalue weighted by Crippen LogP contribution is 2.21. The van der Waals surface area contributed by atoms with E-state index in [2.05, 4.69) is 12.2 Å². The van der Waals surface area contributed by atoms with Crippen LogP contribution in [0.4, 0.5) is 0 Å². The first-order valence-corrected chi connectivity index (χ1v) is 4.27. The van der Waals surface area contributed by atoms with Crippen LogP contribution in [0, 0.1) is 6.92 Å². The summed E-state index contributed by atoms with van der Waals surface area (Å²) in [4.78, 5) is 11.3. The van der Waals surface area contributed by atoms with Crippen LogP contribution in [0.1, 0.15) is 16.1 Å². The zero-order chi connectivity index (χ0) is 10.1. The maximum Gasteiger partial charge on any atom is 0.251 e. The molecule has 0 aliphatic carbocycles. The third kappa shape index (κ3) is 1.27. The van der Waals surface area contributed by atoms with Crippen molar-refractivity contribution >= 4 is 16.7 Å². The van der Waals surface area contributed by atoms with Crippen molar-refractivity contribution in [2.75, 3.05) is 7.05 Å². The van der Waals surface area contributed by atoms with Crippen molar-refractivity contribution in [2.45, 2.75) is 0 Å². The van der Waals surface area contributed by atoms with Crippen molar-refractivity contribution in [1.29, 1.82) is 0 Å². The topological polar surface area (TPSA) is 42.2 Å². The molecule has 0 aliphatic rings. The predicted octanol–water partition coefficient (Wildman–Crippen LogP) is 1.97. The van der Waals surface area contributed by atoms with Crippen LogP contribution in [-0.4, -0.2) is 13.0 Å². The van der Waals surface area contributed by atoms with Gasteiger partial charge in [0.25, 0.3) is 5.91 Å². The van der Waals surface area contributed by atoms with E-state index in [-0.39, 0.29) is 5.91 Å². The maximum absolute atomic E-state index is 11.3. The molecule has 1 N–H and O–H groups in total. The van der Waals surface area contributed by atoms with Gasteiger partial charge in [-0.15, -0.1) is 0 Å². The quantitative estimate of drug-likeness (QED) is 0.743. The Bertz CT molecular complexity index is 485. The first-order valence-electron chi connectivity index (χ1n) is 4.27. The molecule has 2 aromatic rings. The van der Waals surface area contributed by atoms with Crippen molar-refractivity contribution in [2.24, 2.45) is 0 Å². The van der Waals surface area contributed by atoms with Gasteiger partial charge < -0.3 is 9.73 Å². The predicted molar refractivity (Wildman–Crippen MR) is 54.1 cm³/mol. The molecule has 14 heavy (non-hydrogen) atoms. The van der Waals surface area contributed by atoms with Gasteiger partial charge in [-0.1, -0.05) is 6.07 Å². The molecule has 0 bridgehead atoms. The number of nitrogens with one attached hydrogen (secondary N) is 1. The third-order valence-corrected chi connectivity index (χ3v) is 2.17. The van der Waals surface area contributed by atoms with Gasteiger partial charge in [-0.3, -0.25) is 4.79 Å². The fourth-order valence-electron chi connectivity index (χ4n) is 1.40. The summed E-state index contributed by atoms with van der Waals surface area (Å²) in [5.41, 5.74) is 0.626. The van der Waals surface area contributed by atoms with Crippen LogP contribution >= 0.6 is 0 Å². The van der Waals surface area contributed by atoms with E-state index in [1.807, 2.05) is 6.07 Å². The molecule has 2 rings (SSSR count). The number of benzene rings is 1. The van der Waals surface area contributed by atoms with Gasteiger partial charge in [0.05, 0.1) is 6.26 Å². The summed E-state index contributed by atoms with van der Waals surface area (Å²) in [6.07, 6.45) is 1.60. The molecular weight excluding hydrogens is 178 g/mol. The Kier molecular flexibility index (Phi) is 2.00. The lowest BCUT2D eigenvalue weighted by Crippen LogP contribution is -2.17. The fourth-order valence-corrected chi connectivity index (χ4v) is 1.40. The molecule has 0 unspecified atom stereocenters. The molecule has 0 fully saturated rings. The molecule has 71 valence electrons. The minimum atomic E-state index is -0.0984. The number of hydrogen-bond acceptors (Lipinski definition) is 2. The Morgan fingerprint density at radius 1 is 1.50 bits per heavy atom. The average Bonchev–Trinajstić information content (AvgIpc) is 2.59. The number of carbonyl (C=O) groups is 1. The minimum Gasteiger partial charge on any atom is -0.468 e. The Hall–Kier alpha value is -1.77. The zero-order valence-corrected chi connectivity index (χ0v) is 7.83. The molecule has 0 spiro atoms. The number of carbonyl (C=O) groups excluding carboxylic acids is 1. The molecule has 0 saturated carbocycles. The zero-order valence-electron chi connectivity index (χ0n) is 7.83. The van der Waals surface area contributed by atoms with Crippen LogP contribution in [-0.2, 0) is 0 Å². The molecule has 0 aliphatic heterocycles. The number of rotatable bonds is 1. The van der Waals surface area contributed by atoms with Gasteiger partial charge in [0.2, 0.25) is 0 Å². The summed E-state index contributed by atoms with van der Waals surface area (Å²) in [7, 11) is 1.61.